The summed E-state index contributed by atoms with van der Waals surface area (Å²) >= 11 is 0. The number of amides is 1. The largest absolute Gasteiger partial charge is 0.493 e. The zero-order valence-corrected chi connectivity index (χ0v) is 20.3. The van der Waals surface area contributed by atoms with Crippen LogP contribution >= 0.6 is 0 Å². The lowest BCUT2D eigenvalue weighted by molar-refractivity contribution is -0.131. The van der Waals surface area contributed by atoms with Crippen LogP contribution in [0.2, 0.25) is 0 Å². The van der Waals surface area contributed by atoms with Gasteiger partial charge in [0.2, 0.25) is 11.7 Å². The first kappa shape index (κ1) is 24.2. The molecule has 0 spiro atoms. The molecule has 1 N–H and O–H groups in total. The van der Waals surface area contributed by atoms with Crippen LogP contribution in [0.15, 0.2) is 30.3 Å². The van der Waals surface area contributed by atoms with Gasteiger partial charge in [0, 0.05) is 12.1 Å². The maximum absolute atomic E-state index is 13.3. The summed E-state index contributed by atoms with van der Waals surface area (Å²) < 4.78 is 22.2. The normalized spacial score (nSPS) is 17.2. The Morgan fingerprint density at radius 1 is 1.06 bits per heavy atom. The van der Waals surface area contributed by atoms with Crippen LogP contribution in [0, 0.1) is 5.92 Å². The number of hydrogen-bond acceptors (Lipinski definition) is 6. The second-order valence-electron chi connectivity index (χ2n) is 9.08. The van der Waals surface area contributed by atoms with Crippen molar-refractivity contribution in [1.82, 2.24) is 4.90 Å². The Bertz CT molecular complexity index is 976. The number of carbonyl (C=O) groups excluding carboxylic acids is 1. The van der Waals surface area contributed by atoms with Crippen molar-refractivity contribution >= 4 is 5.91 Å². The molecule has 1 heterocycles. The van der Waals surface area contributed by atoms with Crippen LogP contribution in [0.3, 0.4) is 0 Å². The molecular formula is C27H35NO6. The quantitative estimate of drug-likeness (QED) is 0.652. The first-order chi connectivity index (χ1) is 16.5. The van der Waals surface area contributed by atoms with Crippen molar-refractivity contribution in [3.05, 3.63) is 47.0 Å². The molecule has 2 aromatic carbocycles. The number of carbonyl (C=O) groups is 1. The highest BCUT2D eigenvalue weighted by Crippen LogP contribution is 2.39. The predicted molar refractivity (Wildman–Crippen MR) is 129 cm³/mol. The molecule has 184 valence electrons. The zero-order chi connectivity index (χ0) is 24.1. The molecule has 0 saturated heterocycles. The number of aliphatic hydroxyl groups excluding tert-OH is 1. The average Bonchev–Trinajstić information content (AvgIpc) is 3.10. The summed E-state index contributed by atoms with van der Waals surface area (Å²) in [6.45, 7) is 1.38. The number of methoxy groups -OCH3 is 3. The van der Waals surface area contributed by atoms with Crippen molar-refractivity contribution in [2.75, 3.05) is 34.5 Å². The Labute approximate surface area is 201 Å². The van der Waals surface area contributed by atoms with E-state index in [-0.39, 0.29) is 12.3 Å². The molecule has 0 radical (unpaired) electrons. The van der Waals surface area contributed by atoms with Gasteiger partial charge >= 0.3 is 0 Å². The molecule has 2 aromatic rings. The Hall–Kier alpha value is -2.93. The Morgan fingerprint density at radius 3 is 2.41 bits per heavy atom. The van der Waals surface area contributed by atoms with Gasteiger partial charge in [-0.1, -0.05) is 25.3 Å². The molecule has 0 unspecified atom stereocenters. The van der Waals surface area contributed by atoms with E-state index in [1.165, 1.54) is 19.3 Å². The van der Waals surface area contributed by atoms with Crippen molar-refractivity contribution in [1.29, 1.82) is 0 Å². The highest BCUT2D eigenvalue weighted by atomic mass is 16.5. The minimum absolute atomic E-state index is 0.0102. The van der Waals surface area contributed by atoms with E-state index in [4.69, 9.17) is 18.9 Å². The topological polar surface area (TPSA) is 77.5 Å². The lowest BCUT2D eigenvalue weighted by atomic mass is 9.82. The Balaban J connectivity index is 1.51. The van der Waals surface area contributed by atoms with Crippen molar-refractivity contribution in [2.24, 2.45) is 5.92 Å². The Morgan fingerprint density at radius 2 is 1.76 bits per heavy atom. The molecule has 4 rings (SSSR count). The first-order valence-corrected chi connectivity index (χ1v) is 12.0. The minimum Gasteiger partial charge on any atom is -0.493 e. The Kier molecular flexibility index (Phi) is 7.83. The fourth-order valence-electron chi connectivity index (χ4n) is 5.06. The van der Waals surface area contributed by atoms with Crippen LogP contribution < -0.4 is 18.9 Å². The molecule has 7 nitrogen and oxygen atoms in total. The van der Waals surface area contributed by atoms with Gasteiger partial charge in [-0.05, 0) is 54.2 Å². The number of benzene rings is 2. The summed E-state index contributed by atoms with van der Waals surface area (Å²) in [5.74, 6) is 2.62. The van der Waals surface area contributed by atoms with Crippen LogP contribution in [0.1, 0.15) is 54.9 Å². The van der Waals surface area contributed by atoms with Crippen molar-refractivity contribution in [2.45, 2.75) is 51.2 Å². The summed E-state index contributed by atoms with van der Waals surface area (Å²) in [6, 6.07) is 9.52. The monoisotopic (exact) mass is 469 g/mol. The first-order valence-electron chi connectivity index (χ1n) is 12.0. The highest BCUT2D eigenvalue weighted by molar-refractivity contribution is 5.79. The summed E-state index contributed by atoms with van der Waals surface area (Å²) in [7, 11) is 4.68. The molecule has 1 fully saturated rings. The van der Waals surface area contributed by atoms with E-state index in [1.807, 2.05) is 23.1 Å². The van der Waals surface area contributed by atoms with E-state index >= 15 is 0 Å². The van der Waals surface area contributed by atoms with Gasteiger partial charge in [0.05, 0.1) is 40.4 Å². The standard InChI is InChI=1S/C27H35NO6/c1-31-23-13-18(14-24(32-2)27(23)33-3)15-25(29)28-11-12-34-22-10-9-20(16-21(22)17-28)26(30)19-7-5-4-6-8-19/h9-10,13-14,16,19,26,30H,4-8,11-12,15,17H2,1-3H3/t26-/m0/s1. The molecule has 7 heteroatoms. The fraction of sp³-hybridized carbons (Fsp3) is 0.519. The average molecular weight is 470 g/mol. The van der Waals surface area contributed by atoms with Crippen molar-refractivity contribution in [3.8, 4) is 23.0 Å². The third-order valence-corrected chi connectivity index (χ3v) is 6.93. The molecule has 2 aliphatic rings. The third-order valence-electron chi connectivity index (χ3n) is 6.93. The highest BCUT2D eigenvalue weighted by Gasteiger charge is 2.26. The van der Waals surface area contributed by atoms with Gasteiger partial charge in [0.1, 0.15) is 12.4 Å². The summed E-state index contributed by atoms with van der Waals surface area (Å²) in [6.07, 6.45) is 5.47. The molecule has 34 heavy (non-hydrogen) atoms. The molecule has 1 amide bonds. The van der Waals surface area contributed by atoms with Crippen LogP contribution in [-0.2, 0) is 17.8 Å². The number of fused-ring (bicyclic) bond motifs is 1. The van der Waals surface area contributed by atoms with Gasteiger partial charge in [-0.15, -0.1) is 0 Å². The molecule has 0 bridgehead atoms. The van der Waals surface area contributed by atoms with Crippen molar-refractivity contribution in [3.63, 3.8) is 0 Å². The van der Waals surface area contributed by atoms with Gasteiger partial charge < -0.3 is 29.0 Å². The molecule has 1 atom stereocenters. The molecular weight excluding hydrogens is 434 g/mol. The predicted octanol–water partition coefficient (Wildman–Crippen LogP) is 4.29. The van der Waals surface area contributed by atoms with E-state index in [0.717, 1.165) is 35.3 Å². The summed E-state index contributed by atoms with van der Waals surface area (Å²) in [5.41, 5.74) is 2.63. The van der Waals surface area contributed by atoms with Gasteiger partial charge in [0.15, 0.2) is 11.5 Å². The van der Waals surface area contributed by atoms with Crippen LogP contribution in [0.5, 0.6) is 23.0 Å². The van der Waals surface area contributed by atoms with Gasteiger partial charge in [-0.2, -0.15) is 0 Å². The van der Waals surface area contributed by atoms with Crippen LogP contribution in [0.4, 0.5) is 0 Å². The molecule has 1 aliphatic heterocycles. The fourth-order valence-corrected chi connectivity index (χ4v) is 5.06. The van der Waals surface area contributed by atoms with Crippen LogP contribution in [-0.4, -0.2) is 50.4 Å². The minimum atomic E-state index is -0.475. The summed E-state index contributed by atoms with van der Waals surface area (Å²) in [4.78, 5) is 15.1. The number of nitrogens with zero attached hydrogens (tertiary/aromatic N) is 1. The van der Waals surface area contributed by atoms with Crippen LogP contribution in [0.25, 0.3) is 0 Å². The van der Waals surface area contributed by atoms with Gasteiger partial charge in [0.25, 0.3) is 0 Å². The SMILES string of the molecule is COc1cc(CC(=O)N2CCOc3ccc([C@@H](O)C4CCCCC4)cc3C2)cc(OC)c1OC. The van der Waals surface area contributed by atoms with E-state index in [1.54, 1.807) is 33.5 Å². The van der Waals surface area contributed by atoms with E-state index in [9.17, 15) is 9.90 Å². The molecule has 1 aliphatic carbocycles. The lowest BCUT2D eigenvalue weighted by Gasteiger charge is -2.27. The second kappa shape index (κ2) is 11.0. The maximum atomic E-state index is 13.3. The van der Waals surface area contributed by atoms with Gasteiger partial charge in [-0.25, -0.2) is 0 Å². The second-order valence-corrected chi connectivity index (χ2v) is 9.08. The molecule has 1 saturated carbocycles. The smallest absolute Gasteiger partial charge is 0.227 e. The van der Waals surface area contributed by atoms with Crippen molar-refractivity contribution < 1.29 is 28.8 Å². The number of aliphatic hydroxyl groups is 1. The maximum Gasteiger partial charge on any atom is 0.227 e. The zero-order valence-electron chi connectivity index (χ0n) is 20.3. The van der Waals surface area contributed by atoms with E-state index < -0.39 is 6.10 Å². The number of hydrogen-bond donors (Lipinski definition) is 1. The van der Waals surface area contributed by atoms with Gasteiger partial charge in [-0.3, -0.25) is 4.79 Å². The number of ether oxygens (including phenoxy) is 4. The third kappa shape index (κ3) is 5.25. The lowest BCUT2D eigenvalue weighted by Crippen LogP contribution is -2.33. The van der Waals surface area contributed by atoms with E-state index in [2.05, 4.69) is 0 Å². The van der Waals surface area contributed by atoms with E-state index in [0.29, 0.717) is 42.9 Å². The number of rotatable bonds is 7. The summed E-state index contributed by atoms with van der Waals surface area (Å²) in [5, 5.41) is 11.0. The molecule has 0 aromatic heterocycles.